The summed E-state index contributed by atoms with van der Waals surface area (Å²) in [6.07, 6.45) is 16.6. The monoisotopic (exact) mass is 346 g/mol. The Morgan fingerprint density at radius 3 is 2.48 bits per heavy atom. The third kappa shape index (κ3) is 6.14. The number of anilines is 2. The van der Waals surface area contributed by atoms with Gasteiger partial charge in [0.05, 0.1) is 6.10 Å². The van der Waals surface area contributed by atoms with Gasteiger partial charge in [0.2, 0.25) is 5.95 Å². The zero-order valence-corrected chi connectivity index (χ0v) is 15.5. The summed E-state index contributed by atoms with van der Waals surface area (Å²) >= 11 is 0. The van der Waals surface area contributed by atoms with E-state index in [0.29, 0.717) is 17.8 Å². The number of nitrogens with two attached hydrogens (primary N) is 1. The Morgan fingerprint density at radius 1 is 0.920 bits per heavy atom. The van der Waals surface area contributed by atoms with Crippen LogP contribution in [0.15, 0.2) is 12.3 Å². The van der Waals surface area contributed by atoms with Crippen molar-refractivity contribution in [3.8, 4) is 0 Å². The molecule has 2 N–H and O–H groups in total. The zero-order chi connectivity index (χ0) is 17.3. The lowest BCUT2D eigenvalue weighted by atomic mass is 9.95. The Hall–Kier alpha value is -1.36. The van der Waals surface area contributed by atoms with Crippen molar-refractivity contribution in [1.82, 2.24) is 9.97 Å². The van der Waals surface area contributed by atoms with E-state index < -0.39 is 0 Å². The highest BCUT2D eigenvalue weighted by Crippen LogP contribution is 2.26. The molecule has 2 bridgehead atoms. The first-order valence-corrected chi connectivity index (χ1v) is 10.3. The summed E-state index contributed by atoms with van der Waals surface area (Å²) in [6.45, 7) is 2.81. The van der Waals surface area contributed by atoms with Crippen LogP contribution < -0.4 is 10.6 Å². The van der Waals surface area contributed by atoms with Crippen LogP contribution in [0.3, 0.4) is 0 Å². The maximum Gasteiger partial charge on any atom is 0.227 e. The van der Waals surface area contributed by atoms with E-state index in [0.717, 1.165) is 32.1 Å². The average Bonchev–Trinajstić information content (AvgIpc) is 2.82. The van der Waals surface area contributed by atoms with Crippen LogP contribution in [-0.2, 0) is 4.74 Å². The minimum atomic E-state index is 0.292. The third-order valence-electron chi connectivity index (χ3n) is 5.61. The number of nitrogen functional groups attached to an aromatic ring is 1. The van der Waals surface area contributed by atoms with Crippen molar-refractivity contribution in [3.63, 3.8) is 0 Å². The summed E-state index contributed by atoms with van der Waals surface area (Å²) in [5.74, 6) is 2.02. The molecule has 3 rings (SSSR count). The molecule has 0 aliphatic carbocycles. The van der Waals surface area contributed by atoms with Gasteiger partial charge in [-0.2, -0.15) is 4.98 Å². The van der Waals surface area contributed by atoms with Gasteiger partial charge in [-0.15, -0.1) is 0 Å². The van der Waals surface area contributed by atoms with E-state index in [-0.39, 0.29) is 0 Å². The number of ether oxygens (including phenoxy) is 1. The van der Waals surface area contributed by atoms with Crippen molar-refractivity contribution in [2.75, 3.05) is 30.3 Å². The van der Waals surface area contributed by atoms with E-state index >= 15 is 0 Å². The third-order valence-corrected chi connectivity index (χ3v) is 5.61. The van der Waals surface area contributed by atoms with E-state index in [4.69, 9.17) is 10.5 Å². The van der Waals surface area contributed by atoms with Gasteiger partial charge in [-0.05, 0) is 37.7 Å². The van der Waals surface area contributed by atoms with Gasteiger partial charge in [-0.1, -0.05) is 44.9 Å². The highest BCUT2D eigenvalue weighted by Gasteiger charge is 2.26. The maximum absolute atomic E-state index is 6.24. The van der Waals surface area contributed by atoms with E-state index in [2.05, 4.69) is 14.9 Å². The minimum Gasteiger partial charge on any atom is -0.384 e. The molecule has 0 saturated carbocycles. The van der Waals surface area contributed by atoms with Crippen LogP contribution in [0.5, 0.6) is 0 Å². The standard InChI is InChI=1S/C20H34N4O/c21-19-12-13-22-20(23-19)24-15-17-9-7-5-3-1-2-4-6-8-14-25-18(16-24)11-10-17/h12-13,17-18H,1-11,14-16H2,(H2,21,22,23). The molecule has 5 nitrogen and oxygen atoms in total. The fourth-order valence-corrected chi connectivity index (χ4v) is 4.13. The highest BCUT2D eigenvalue weighted by atomic mass is 16.5. The van der Waals surface area contributed by atoms with E-state index in [9.17, 15) is 0 Å². The second-order valence-electron chi connectivity index (χ2n) is 7.74. The molecular formula is C20H34N4O. The maximum atomic E-state index is 6.24. The molecule has 0 amide bonds. The average molecular weight is 347 g/mol. The number of aromatic nitrogens is 2. The molecule has 0 radical (unpaired) electrons. The highest BCUT2D eigenvalue weighted by molar-refractivity contribution is 5.38. The summed E-state index contributed by atoms with van der Waals surface area (Å²) < 4.78 is 6.24. The lowest BCUT2D eigenvalue weighted by Gasteiger charge is -2.26. The van der Waals surface area contributed by atoms with Crippen molar-refractivity contribution in [3.05, 3.63) is 12.3 Å². The molecule has 1 aromatic heterocycles. The van der Waals surface area contributed by atoms with Gasteiger partial charge in [-0.3, -0.25) is 0 Å². The summed E-state index contributed by atoms with van der Waals surface area (Å²) in [6, 6.07) is 1.76. The molecule has 140 valence electrons. The Labute approximate surface area is 152 Å². The van der Waals surface area contributed by atoms with Gasteiger partial charge >= 0.3 is 0 Å². The van der Waals surface area contributed by atoms with Crippen LogP contribution in [0, 0.1) is 5.92 Å². The predicted octanol–water partition coefficient (Wildman–Crippen LogP) is 4.18. The second kappa shape index (κ2) is 9.95. The SMILES string of the molecule is Nc1ccnc(N2CC3CCCCCCCCCCOC(CC3)C2)n1. The Balaban J connectivity index is 1.68. The fourth-order valence-electron chi connectivity index (χ4n) is 4.13. The molecule has 2 aliphatic heterocycles. The minimum absolute atomic E-state index is 0.292. The Bertz CT molecular complexity index is 488. The predicted molar refractivity (Wildman–Crippen MR) is 103 cm³/mol. The molecule has 1 aromatic rings. The molecule has 2 atom stereocenters. The van der Waals surface area contributed by atoms with Crippen LogP contribution in [0.2, 0.25) is 0 Å². The van der Waals surface area contributed by atoms with Crippen LogP contribution in [0.25, 0.3) is 0 Å². The van der Waals surface area contributed by atoms with Gasteiger partial charge in [0.15, 0.2) is 0 Å². The molecule has 2 saturated heterocycles. The van der Waals surface area contributed by atoms with Crippen molar-refractivity contribution in [2.45, 2.75) is 76.7 Å². The van der Waals surface area contributed by atoms with Crippen LogP contribution in [-0.4, -0.2) is 35.8 Å². The number of rotatable bonds is 1. The first-order valence-electron chi connectivity index (χ1n) is 10.3. The molecule has 2 unspecified atom stereocenters. The molecule has 25 heavy (non-hydrogen) atoms. The van der Waals surface area contributed by atoms with Crippen molar-refractivity contribution in [2.24, 2.45) is 5.92 Å². The largest absolute Gasteiger partial charge is 0.384 e. The molecule has 5 heteroatoms. The molecule has 0 aromatic carbocycles. The molecule has 0 spiro atoms. The van der Waals surface area contributed by atoms with Crippen LogP contribution in [0.1, 0.15) is 70.6 Å². The molecule has 2 fully saturated rings. The normalized spacial score (nSPS) is 27.3. The topological polar surface area (TPSA) is 64.3 Å². The van der Waals surface area contributed by atoms with Crippen LogP contribution in [0.4, 0.5) is 11.8 Å². The van der Waals surface area contributed by atoms with Gasteiger partial charge < -0.3 is 15.4 Å². The van der Waals surface area contributed by atoms with Gasteiger partial charge in [0.25, 0.3) is 0 Å². The number of hydrogen-bond donors (Lipinski definition) is 1. The fraction of sp³-hybridized carbons (Fsp3) is 0.800. The number of fused-ring (bicyclic) bond motifs is 3. The van der Waals surface area contributed by atoms with Crippen molar-refractivity contribution >= 4 is 11.8 Å². The first-order chi connectivity index (χ1) is 12.3. The molecule has 2 aliphatic rings. The van der Waals surface area contributed by atoms with Crippen molar-refractivity contribution in [1.29, 1.82) is 0 Å². The molecular weight excluding hydrogens is 312 g/mol. The summed E-state index contributed by atoms with van der Waals surface area (Å²) in [4.78, 5) is 11.2. The van der Waals surface area contributed by atoms with E-state index in [1.807, 2.05) is 0 Å². The number of nitrogens with zero attached hydrogens (tertiary/aromatic N) is 3. The Kier molecular flexibility index (Phi) is 7.34. The molecule has 3 heterocycles. The van der Waals surface area contributed by atoms with Gasteiger partial charge in [0.1, 0.15) is 5.82 Å². The second-order valence-corrected chi connectivity index (χ2v) is 7.74. The summed E-state index contributed by atoms with van der Waals surface area (Å²) in [7, 11) is 0. The number of hydrogen-bond acceptors (Lipinski definition) is 5. The lowest BCUT2D eigenvalue weighted by Crippen LogP contribution is -2.35. The summed E-state index contributed by atoms with van der Waals surface area (Å²) in [5, 5.41) is 0. The van der Waals surface area contributed by atoms with E-state index in [1.54, 1.807) is 12.3 Å². The Morgan fingerprint density at radius 2 is 1.68 bits per heavy atom. The van der Waals surface area contributed by atoms with Crippen LogP contribution >= 0.6 is 0 Å². The zero-order valence-electron chi connectivity index (χ0n) is 15.5. The lowest BCUT2D eigenvalue weighted by molar-refractivity contribution is 0.0503. The van der Waals surface area contributed by atoms with E-state index in [1.165, 1.54) is 64.2 Å². The quantitative estimate of drug-likeness (QED) is 0.826. The smallest absolute Gasteiger partial charge is 0.227 e. The van der Waals surface area contributed by atoms with Gasteiger partial charge in [-0.25, -0.2) is 4.98 Å². The van der Waals surface area contributed by atoms with Crippen molar-refractivity contribution < 1.29 is 4.74 Å². The summed E-state index contributed by atoms with van der Waals surface area (Å²) in [5.41, 5.74) is 5.88. The first kappa shape index (κ1) is 18.4. The van der Waals surface area contributed by atoms with Gasteiger partial charge in [0, 0.05) is 25.9 Å².